The van der Waals surface area contributed by atoms with Crippen molar-refractivity contribution in [2.24, 2.45) is 4.99 Å². The molecule has 0 amide bonds. The second kappa shape index (κ2) is 4.44. The Kier molecular flexibility index (Phi) is 3.04. The highest BCUT2D eigenvalue weighted by Crippen LogP contribution is 2.42. The molecule has 1 aliphatic heterocycles. The Labute approximate surface area is 116 Å². The van der Waals surface area contributed by atoms with E-state index < -0.39 is 0 Å². The largest absolute Gasteiger partial charge is 0.311 e. The third-order valence-corrected chi connectivity index (χ3v) is 4.66. The van der Waals surface area contributed by atoms with E-state index in [1.807, 2.05) is 24.3 Å². The molecule has 0 aromatic heterocycles. The lowest BCUT2D eigenvalue weighted by Crippen LogP contribution is -2.48. The zero-order valence-electron chi connectivity index (χ0n) is 10.4. The molecule has 1 aromatic rings. The van der Waals surface area contributed by atoms with Gasteiger partial charge in [0, 0.05) is 10.2 Å². The first kappa shape index (κ1) is 12.3. The summed E-state index contributed by atoms with van der Waals surface area (Å²) in [5.41, 5.74) is 1.95. The van der Waals surface area contributed by atoms with Crippen LogP contribution >= 0.6 is 15.9 Å². The molecule has 4 heteroatoms. The Bertz CT molecular complexity index is 485. The van der Waals surface area contributed by atoms with Gasteiger partial charge >= 0.3 is 0 Å². The van der Waals surface area contributed by atoms with Gasteiger partial charge in [-0.3, -0.25) is 4.99 Å². The van der Waals surface area contributed by atoms with Crippen molar-refractivity contribution in [3.63, 3.8) is 0 Å². The lowest BCUT2D eigenvalue weighted by atomic mass is 9.82. The van der Waals surface area contributed by atoms with Gasteiger partial charge in [-0.05, 0) is 43.9 Å². The van der Waals surface area contributed by atoms with Gasteiger partial charge in [-0.15, -0.1) is 0 Å². The lowest BCUT2D eigenvalue weighted by Gasteiger charge is -2.36. The summed E-state index contributed by atoms with van der Waals surface area (Å²) in [6, 6.07) is 8.02. The van der Waals surface area contributed by atoms with Crippen LogP contribution in [0, 0.1) is 0 Å². The van der Waals surface area contributed by atoms with Gasteiger partial charge in [0.15, 0.2) is 6.17 Å². The van der Waals surface area contributed by atoms with Gasteiger partial charge in [-0.25, -0.2) is 0 Å². The van der Waals surface area contributed by atoms with E-state index >= 15 is 0 Å². The molecule has 0 unspecified atom stereocenters. The molecule has 1 aromatic carbocycles. The Morgan fingerprint density at radius 3 is 2.72 bits per heavy atom. The summed E-state index contributed by atoms with van der Waals surface area (Å²) >= 11 is 3.43. The molecule has 3 nitrogen and oxygen atoms in total. The fourth-order valence-corrected chi connectivity index (χ4v) is 3.21. The number of rotatable bonds is 1. The van der Waals surface area contributed by atoms with Gasteiger partial charge in [0.1, 0.15) is 0 Å². The van der Waals surface area contributed by atoms with Crippen molar-refractivity contribution in [1.29, 1.82) is 0 Å². The lowest BCUT2D eigenvalue weighted by molar-refractivity contribution is -0.168. The SMILES string of the molecule is C[C@@]12CCCCC1=N[C@H](c1ccc(Br)cc1)N2O. The maximum Gasteiger partial charge on any atom is 0.151 e. The van der Waals surface area contributed by atoms with E-state index in [0.717, 1.165) is 28.6 Å². The van der Waals surface area contributed by atoms with Crippen molar-refractivity contribution < 1.29 is 5.21 Å². The summed E-state index contributed by atoms with van der Waals surface area (Å²) in [6.07, 6.45) is 4.13. The summed E-state index contributed by atoms with van der Waals surface area (Å²) in [4.78, 5) is 4.74. The second-order valence-corrected chi connectivity index (χ2v) is 6.24. The normalized spacial score (nSPS) is 32.2. The van der Waals surface area contributed by atoms with E-state index in [4.69, 9.17) is 4.99 Å². The van der Waals surface area contributed by atoms with Crippen LogP contribution in [0.4, 0.5) is 0 Å². The molecule has 1 saturated carbocycles. The quantitative estimate of drug-likeness (QED) is 0.853. The molecule has 3 rings (SSSR count). The number of halogens is 1. The molecular weight excluding hydrogens is 292 g/mol. The summed E-state index contributed by atoms with van der Waals surface area (Å²) in [7, 11) is 0. The van der Waals surface area contributed by atoms with Crippen molar-refractivity contribution >= 4 is 21.6 Å². The van der Waals surface area contributed by atoms with Gasteiger partial charge in [0.2, 0.25) is 0 Å². The van der Waals surface area contributed by atoms with Crippen LogP contribution in [-0.4, -0.2) is 21.5 Å². The number of hydrogen-bond donors (Lipinski definition) is 1. The Morgan fingerprint density at radius 2 is 2.06 bits per heavy atom. The molecule has 0 saturated heterocycles. The van der Waals surface area contributed by atoms with Crippen LogP contribution in [0.15, 0.2) is 33.7 Å². The van der Waals surface area contributed by atoms with Crippen LogP contribution in [0.2, 0.25) is 0 Å². The Morgan fingerprint density at radius 1 is 1.33 bits per heavy atom. The number of nitrogens with zero attached hydrogens (tertiary/aromatic N) is 2. The van der Waals surface area contributed by atoms with Crippen molar-refractivity contribution in [1.82, 2.24) is 5.06 Å². The predicted molar refractivity (Wildman–Crippen MR) is 74.8 cm³/mol. The van der Waals surface area contributed by atoms with E-state index in [2.05, 4.69) is 22.9 Å². The minimum Gasteiger partial charge on any atom is -0.311 e. The maximum atomic E-state index is 10.5. The highest BCUT2D eigenvalue weighted by atomic mass is 79.9. The highest BCUT2D eigenvalue weighted by Gasteiger charge is 2.47. The first-order chi connectivity index (χ1) is 8.61. The van der Waals surface area contributed by atoms with Crippen LogP contribution in [0.25, 0.3) is 0 Å². The van der Waals surface area contributed by atoms with Crippen LogP contribution in [0.3, 0.4) is 0 Å². The van der Waals surface area contributed by atoms with Gasteiger partial charge in [-0.1, -0.05) is 34.5 Å². The molecule has 0 spiro atoms. The molecule has 18 heavy (non-hydrogen) atoms. The first-order valence-corrected chi connectivity index (χ1v) is 7.21. The summed E-state index contributed by atoms with van der Waals surface area (Å²) in [5.74, 6) is 0. The molecule has 1 N–H and O–H groups in total. The van der Waals surface area contributed by atoms with E-state index in [1.54, 1.807) is 0 Å². The second-order valence-electron chi connectivity index (χ2n) is 5.33. The molecule has 0 bridgehead atoms. The molecule has 0 radical (unpaired) electrons. The van der Waals surface area contributed by atoms with Crippen molar-refractivity contribution in [3.8, 4) is 0 Å². The summed E-state index contributed by atoms with van der Waals surface area (Å²) in [5, 5.41) is 11.9. The van der Waals surface area contributed by atoms with Crippen LogP contribution in [0.1, 0.15) is 44.3 Å². The Balaban J connectivity index is 1.95. The van der Waals surface area contributed by atoms with Crippen molar-refractivity contribution in [2.45, 2.75) is 44.3 Å². The molecule has 1 heterocycles. The Hall–Kier alpha value is -0.710. The number of hydrogen-bond acceptors (Lipinski definition) is 3. The van der Waals surface area contributed by atoms with E-state index in [9.17, 15) is 5.21 Å². The minimum absolute atomic E-state index is 0.240. The molecule has 1 fully saturated rings. The third kappa shape index (κ3) is 1.83. The van der Waals surface area contributed by atoms with E-state index in [0.29, 0.717) is 0 Å². The molecule has 2 atom stereocenters. The number of hydroxylamine groups is 2. The average molecular weight is 309 g/mol. The maximum absolute atomic E-state index is 10.5. The average Bonchev–Trinajstić information content (AvgIpc) is 2.64. The molecule has 2 aliphatic rings. The smallest absolute Gasteiger partial charge is 0.151 e. The topological polar surface area (TPSA) is 35.8 Å². The highest BCUT2D eigenvalue weighted by molar-refractivity contribution is 9.10. The van der Waals surface area contributed by atoms with Gasteiger partial charge in [-0.2, -0.15) is 5.06 Å². The van der Waals surface area contributed by atoms with Crippen LogP contribution in [-0.2, 0) is 0 Å². The van der Waals surface area contributed by atoms with Gasteiger partial charge in [0.05, 0.1) is 5.54 Å². The van der Waals surface area contributed by atoms with Crippen LogP contribution in [0.5, 0.6) is 0 Å². The first-order valence-electron chi connectivity index (χ1n) is 6.42. The standard InChI is InChI=1S/C14H17BrN2O/c1-14-9-3-2-4-12(14)16-13(17(14)18)10-5-7-11(15)8-6-10/h5-8,13,18H,2-4,9H2,1H3/t13-,14+/m0/s1. The predicted octanol–water partition coefficient (Wildman–Crippen LogP) is 3.93. The van der Waals surface area contributed by atoms with Crippen molar-refractivity contribution in [3.05, 3.63) is 34.3 Å². The van der Waals surface area contributed by atoms with E-state index in [1.165, 1.54) is 17.9 Å². The molecular formula is C14H17BrN2O. The fraction of sp³-hybridized carbons (Fsp3) is 0.500. The monoisotopic (exact) mass is 308 g/mol. The third-order valence-electron chi connectivity index (χ3n) is 4.13. The minimum atomic E-state index is -0.254. The zero-order chi connectivity index (χ0) is 12.8. The van der Waals surface area contributed by atoms with Crippen LogP contribution < -0.4 is 0 Å². The van der Waals surface area contributed by atoms with Gasteiger partial charge < -0.3 is 5.21 Å². The summed E-state index contributed by atoms with van der Waals surface area (Å²) in [6.45, 7) is 2.10. The molecule has 1 aliphatic carbocycles. The van der Waals surface area contributed by atoms with Gasteiger partial charge in [0.25, 0.3) is 0 Å². The number of benzene rings is 1. The van der Waals surface area contributed by atoms with Crippen molar-refractivity contribution in [2.75, 3.05) is 0 Å². The number of aliphatic imine (C=N–C) groups is 1. The van der Waals surface area contributed by atoms with E-state index in [-0.39, 0.29) is 11.7 Å². The molecule has 96 valence electrons. The fourth-order valence-electron chi connectivity index (χ4n) is 2.95. The number of fused-ring (bicyclic) bond motifs is 1. The zero-order valence-corrected chi connectivity index (χ0v) is 12.0. The summed E-state index contributed by atoms with van der Waals surface area (Å²) < 4.78 is 1.05.